The summed E-state index contributed by atoms with van der Waals surface area (Å²) in [4.78, 5) is 0. The summed E-state index contributed by atoms with van der Waals surface area (Å²) < 4.78 is 22.5. The van der Waals surface area contributed by atoms with Crippen molar-refractivity contribution in [1.82, 2.24) is 5.32 Å². The lowest BCUT2D eigenvalue weighted by Crippen LogP contribution is -2.30. The van der Waals surface area contributed by atoms with Gasteiger partial charge >= 0.3 is 0 Å². The third-order valence-corrected chi connectivity index (χ3v) is 5.40. The van der Waals surface area contributed by atoms with Crippen LogP contribution in [0.3, 0.4) is 0 Å². The van der Waals surface area contributed by atoms with Gasteiger partial charge in [-0.05, 0) is 50.1 Å². The molecule has 0 aromatic carbocycles. The Kier molecular flexibility index (Phi) is 8.11. The number of nitrogens with one attached hydrogen (secondary N) is 1. The molecule has 2 atom stereocenters. The lowest BCUT2D eigenvalue weighted by molar-refractivity contribution is 0.278. The van der Waals surface area contributed by atoms with E-state index in [1.165, 1.54) is 38.4 Å². The Labute approximate surface area is 125 Å². The zero-order valence-electron chi connectivity index (χ0n) is 13.5. The van der Waals surface area contributed by atoms with Crippen LogP contribution in [0.2, 0.25) is 0 Å². The zero-order chi connectivity index (χ0) is 15.0. The first-order chi connectivity index (χ1) is 9.38. The molecule has 0 bridgehead atoms. The van der Waals surface area contributed by atoms with Crippen molar-refractivity contribution < 1.29 is 8.42 Å². The fraction of sp³-hybridized carbons (Fsp3) is 1.00. The summed E-state index contributed by atoms with van der Waals surface area (Å²) in [7, 11) is -2.80. The molecule has 2 unspecified atom stereocenters. The van der Waals surface area contributed by atoms with Gasteiger partial charge in [0.15, 0.2) is 0 Å². The largest absolute Gasteiger partial charge is 0.316 e. The highest BCUT2D eigenvalue weighted by molar-refractivity contribution is 7.90. The Balaban J connectivity index is 2.40. The van der Waals surface area contributed by atoms with Crippen LogP contribution in [0, 0.1) is 17.8 Å². The van der Waals surface area contributed by atoms with Crippen LogP contribution < -0.4 is 5.32 Å². The second-order valence-corrected chi connectivity index (χ2v) is 9.24. The minimum atomic E-state index is -2.80. The summed E-state index contributed by atoms with van der Waals surface area (Å²) in [6.07, 6.45) is 9.89. The van der Waals surface area contributed by atoms with Crippen LogP contribution in [0.25, 0.3) is 0 Å². The standard InChI is InChI=1S/C16H33NO2S/c1-14(2)12-17-13-16-9-6-4-5-8-15(16)10-7-11-20(3,18)19/h14-17H,4-13H2,1-3H3. The average molecular weight is 304 g/mol. The van der Waals surface area contributed by atoms with Crippen molar-refractivity contribution in [2.75, 3.05) is 25.1 Å². The van der Waals surface area contributed by atoms with Gasteiger partial charge in [-0.25, -0.2) is 8.42 Å². The van der Waals surface area contributed by atoms with Crippen LogP contribution in [0.5, 0.6) is 0 Å². The monoisotopic (exact) mass is 303 g/mol. The van der Waals surface area contributed by atoms with Gasteiger partial charge in [0.25, 0.3) is 0 Å². The molecule has 120 valence electrons. The van der Waals surface area contributed by atoms with E-state index in [2.05, 4.69) is 19.2 Å². The van der Waals surface area contributed by atoms with Gasteiger partial charge in [0.05, 0.1) is 0 Å². The maximum Gasteiger partial charge on any atom is 0.147 e. The van der Waals surface area contributed by atoms with E-state index in [1.54, 1.807) is 0 Å². The molecule has 0 aromatic rings. The summed E-state index contributed by atoms with van der Waals surface area (Å²) in [5, 5.41) is 3.60. The predicted octanol–water partition coefficient (Wildman–Crippen LogP) is 3.25. The smallest absolute Gasteiger partial charge is 0.147 e. The van der Waals surface area contributed by atoms with Crippen LogP contribution in [0.15, 0.2) is 0 Å². The first-order valence-electron chi connectivity index (χ1n) is 8.27. The van der Waals surface area contributed by atoms with Crippen molar-refractivity contribution in [1.29, 1.82) is 0 Å². The fourth-order valence-electron chi connectivity index (χ4n) is 3.28. The predicted molar refractivity (Wildman–Crippen MR) is 86.7 cm³/mol. The number of rotatable bonds is 8. The van der Waals surface area contributed by atoms with Crippen LogP contribution in [-0.2, 0) is 9.84 Å². The molecule has 1 N–H and O–H groups in total. The molecule has 4 heteroatoms. The average Bonchev–Trinajstić information content (AvgIpc) is 2.53. The Morgan fingerprint density at radius 3 is 2.35 bits per heavy atom. The number of hydrogen-bond acceptors (Lipinski definition) is 3. The van der Waals surface area contributed by atoms with Crippen molar-refractivity contribution in [3.05, 3.63) is 0 Å². The van der Waals surface area contributed by atoms with Gasteiger partial charge in [0, 0.05) is 12.0 Å². The van der Waals surface area contributed by atoms with E-state index in [9.17, 15) is 8.42 Å². The molecule has 0 radical (unpaired) electrons. The maximum absolute atomic E-state index is 11.3. The molecule has 1 aliphatic carbocycles. The quantitative estimate of drug-likeness (QED) is 0.700. The molecule has 20 heavy (non-hydrogen) atoms. The van der Waals surface area contributed by atoms with Gasteiger partial charge in [-0.15, -0.1) is 0 Å². The van der Waals surface area contributed by atoms with E-state index in [0.29, 0.717) is 11.7 Å². The molecule has 1 aliphatic rings. The summed E-state index contributed by atoms with van der Waals surface area (Å²) in [6.45, 7) is 6.68. The Morgan fingerprint density at radius 1 is 1.10 bits per heavy atom. The van der Waals surface area contributed by atoms with Crippen molar-refractivity contribution in [2.24, 2.45) is 17.8 Å². The van der Waals surface area contributed by atoms with Gasteiger partial charge in [-0.2, -0.15) is 0 Å². The van der Waals surface area contributed by atoms with E-state index in [4.69, 9.17) is 0 Å². The van der Waals surface area contributed by atoms with Crippen LogP contribution in [-0.4, -0.2) is 33.5 Å². The van der Waals surface area contributed by atoms with Crippen molar-refractivity contribution in [3.63, 3.8) is 0 Å². The van der Waals surface area contributed by atoms with E-state index >= 15 is 0 Å². The maximum atomic E-state index is 11.3. The number of sulfone groups is 1. The van der Waals surface area contributed by atoms with Gasteiger partial charge in [0.1, 0.15) is 9.84 Å². The lowest BCUT2D eigenvalue weighted by Gasteiger charge is -2.26. The third kappa shape index (κ3) is 8.25. The van der Waals surface area contributed by atoms with E-state index in [1.807, 2.05) is 0 Å². The molecule has 0 aromatic heterocycles. The topological polar surface area (TPSA) is 46.2 Å². The van der Waals surface area contributed by atoms with Gasteiger partial charge in [0.2, 0.25) is 0 Å². The molecule has 1 saturated carbocycles. The molecule has 1 fully saturated rings. The second-order valence-electron chi connectivity index (χ2n) is 6.98. The molecular weight excluding hydrogens is 270 g/mol. The minimum absolute atomic E-state index is 0.357. The molecule has 0 heterocycles. The van der Waals surface area contributed by atoms with Gasteiger partial charge in [-0.3, -0.25) is 0 Å². The SMILES string of the molecule is CC(C)CNCC1CCCCCC1CCCS(C)(=O)=O. The molecule has 0 saturated heterocycles. The van der Waals surface area contributed by atoms with Crippen LogP contribution in [0.4, 0.5) is 0 Å². The van der Waals surface area contributed by atoms with E-state index in [-0.39, 0.29) is 0 Å². The molecule has 0 aliphatic heterocycles. The third-order valence-electron chi connectivity index (χ3n) is 4.37. The number of hydrogen-bond donors (Lipinski definition) is 1. The molecule has 3 nitrogen and oxygen atoms in total. The molecular formula is C16H33NO2S. The van der Waals surface area contributed by atoms with E-state index in [0.717, 1.165) is 37.8 Å². The van der Waals surface area contributed by atoms with Crippen LogP contribution >= 0.6 is 0 Å². The van der Waals surface area contributed by atoms with Gasteiger partial charge in [-0.1, -0.05) is 39.5 Å². The summed E-state index contributed by atoms with van der Waals surface area (Å²) in [5.74, 6) is 2.52. The van der Waals surface area contributed by atoms with Crippen molar-refractivity contribution in [3.8, 4) is 0 Å². The fourth-order valence-corrected chi connectivity index (χ4v) is 3.97. The van der Waals surface area contributed by atoms with E-state index < -0.39 is 9.84 Å². The molecule has 1 rings (SSSR count). The minimum Gasteiger partial charge on any atom is -0.316 e. The molecule has 0 amide bonds. The summed E-state index contributed by atoms with van der Waals surface area (Å²) in [5.41, 5.74) is 0. The summed E-state index contributed by atoms with van der Waals surface area (Å²) >= 11 is 0. The Morgan fingerprint density at radius 2 is 1.75 bits per heavy atom. The second kappa shape index (κ2) is 9.04. The zero-order valence-corrected chi connectivity index (χ0v) is 14.3. The highest BCUT2D eigenvalue weighted by Gasteiger charge is 2.23. The Bertz CT molecular complexity index is 351. The molecule has 0 spiro atoms. The van der Waals surface area contributed by atoms with Gasteiger partial charge < -0.3 is 5.32 Å². The highest BCUT2D eigenvalue weighted by Crippen LogP contribution is 2.31. The Hall–Kier alpha value is -0.0900. The van der Waals surface area contributed by atoms with Crippen molar-refractivity contribution in [2.45, 2.75) is 58.8 Å². The van der Waals surface area contributed by atoms with Crippen LogP contribution in [0.1, 0.15) is 58.8 Å². The highest BCUT2D eigenvalue weighted by atomic mass is 32.2. The first kappa shape index (κ1) is 18.0. The lowest BCUT2D eigenvalue weighted by atomic mass is 9.84. The normalized spacial score (nSPS) is 24.8. The summed E-state index contributed by atoms with van der Waals surface area (Å²) in [6, 6.07) is 0. The first-order valence-corrected chi connectivity index (χ1v) is 10.3. The van der Waals surface area contributed by atoms with Crippen molar-refractivity contribution >= 4 is 9.84 Å².